The van der Waals surface area contributed by atoms with E-state index in [0.717, 1.165) is 44.5 Å². The van der Waals surface area contributed by atoms with Crippen LogP contribution in [0.4, 0.5) is 10.5 Å². The van der Waals surface area contributed by atoms with Gasteiger partial charge in [0.2, 0.25) is 0 Å². The predicted molar refractivity (Wildman–Crippen MR) is 85.0 cm³/mol. The van der Waals surface area contributed by atoms with Gasteiger partial charge < -0.3 is 16.0 Å². The summed E-state index contributed by atoms with van der Waals surface area (Å²) in [4.78, 5) is 14.5. The second-order valence-electron chi connectivity index (χ2n) is 6.55. The molecular weight excluding hydrogens is 262 g/mol. The quantitative estimate of drug-likeness (QED) is 0.780. The number of nitrogen functional groups attached to an aromatic ring is 1. The number of amides is 2. The highest BCUT2D eigenvalue weighted by atomic mass is 16.2. The Morgan fingerprint density at radius 2 is 2.19 bits per heavy atom. The first-order valence-corrected chi connectivity index (χ1v) is 8.07. The number of anilines is 1. The molecule has 3 N–H and O–H groups in total. The van der Waals surface area contributed by atoms with Crippen LogP contribution in [0.2, 0.25) is 0 Å². The standard InChI is InChI=1S/C17H25N3O/c1-12-4-3-9-20(11-12)17(21)19-16-6-2-5-13-10-14(18)7-8-15(13)16/h7-8,10,12,16H,2-6,9,11,18H2,1H3,(H,19,21). The van der Waals surface area contributed by atoms with E-state index >= 15 is 0 Å². The van der Waals surface area contributed by atoms with Gasteiger partial charge in [0, 0.05) is 18.8 Å². The predicted octanol–water partition coefficient (Wildman–Crippen LogP) is 3.09. The Hall–Kier alpha value is -1.71. The zero-order chi connectivity index (χ0) is 14.8. The number of piperidine rings is 1. The number of hydrogen-bond acceptors (Lipinski definition) is 2. The lowest BCUT2D eigenvalue weighted by Gasteiger charge is -2.34. The average molecular weight is 287 g/mol. The summed E-state index contributed by atoms with van der Waals surface area (Å²) in [6, 6.07) is 6.30. The molecule has 4 nitrogen and oxygen atoms in total. The van der Waals surface area contributed by atoms with Gasteiger partial charge in [-0.25, -0.2) is 4.79 Å². The molecule has 0 bridgehead atoms. The van der Waals surface area contributed by atoms with E-state index in [1.807, 2.05) is 11.0 Å². The fourth-order valence-electron chi connectivity index (χ4n) is 3.60. The highest BCUT2D eigenvalue weighted by molar-refractivity contribution is 5.75. The first kappa shape index (κ1) is 14.2. The van der Waals surface area contributed by atoms with Crippen LogP contribution in [0.15, 0.2) is 18.2 Å². The van der Waals surface area contributed by atoms with E-state index < -0.39 is 0 Å². The molecule has 1 fully saturated rings. The summed E-state index contributed by atoms with van der Waals surface area (Å²) in [7, 11) is 0. The van der Waals surface area contributed by atoms with Gasteiger partial charge >= 0.3 is 6.03 Å². The minimum atomic E-state index is 0.0937. The third-order valence-electron chi connectivity index (χ3n) is 4.72. The number of hydrogen-bond donors (Lipinski definition) is 2. The summed E-state index contributed by atoms with van der Waals surface area (Å²) in [6.07, 6.45) is 5.54. The van der Waals surface area contributed by atoms with Crippen LogP contribution in [-0.4, -0.2) is 24.0 Å². The number of urea groups is 1. The summed E-state index contributed by atoms with van der Waals surface area (Å²) in [6.45, 7) is 3.99. The zero-order valence-electron chi connectivity index (χ0n) is 12.8. The van der Waals surface area contributed by atoms with E-state index in [2.05, 4.69) is 24.4 Å². The van der Waals surface area contributed by atoms with Gasteiger partial charge in [0.15, 0.2) is 0 Å². The summed E-state index contributed by atoms with van der Waals surface area (Å²) < 4.78 is 0. The Morgan fingerprint density at radius 3 is 3.00 bits per heavy atom. The minimum absolute atomic E-state index is 0.0937. The molecule has 0 saturated carbocycles. The largest absolute Gasteiger partial charge is 0.399 e. The molecule has 1 aliphatic heterocycles. The van der Waals surface area contributed by atoms with E-state index in [1.165, 1.54) is 17.5 Å². The number of carbonyl (C=O) groups is 1. The number of fused-ring (bicyclic) bond motifs is 1. The van der Waals surface area contributed by atoms with Crippen LogP contribution in [0.5, 0.6) is 0 Å². The molecular formula is C17H25N3O. The Labute approximate surface area is 126 Å². The Balaban J connectivity index is 1.70. The van der Waals surface area contributed by atoms with Crippen LogP contribution in [0.1, 0.15) is 49.8 Å². The van der Waals surface area contributed by atoms with Gasteiger partial charge in [-0.3, -0.25) is 0 Å². The monoisotopic (exact) mass is 287 g/mol. The van der Waals surface area contributed by atoms with Crippen LogP contribution in [0, 0.1) is 5.92 Å². The molecule has 2 aliphatic rings. The molecule has 0 aromatic heterocycles. The maximum Gasteiger partial charge on any atom is 0.317 e. The van der Waals surface area contributed by atoms with Crippen molar-refractivity contribution in [2.45, 2.75) is 45.1 Å². The van der Waals surface area contributed by atoms with Gasteiger partial charge in [0.1, 0.15) is 0 Å². The molecule has 114 valence electrons. The van der Waals surface area contributed by atoms with Crippen molar-refractivity contribution >= 4 is 11.7 Å². The van der Waals surface area contributed by atoms with Crippen LogP contribution < -0.4 is 11.1 Å². The second kappa shape index (κ2) is 5.96. The second-order valence-corrected chi connectivity index (χ2v) is 6.55. The van der Waals surface area contributed by atoms with Crippen molar-refractivity contribution in [2.75, 3.05) is 18.8 Å². The van der Waals surface area contributed by atoms with Crippen molar-refractivity contribution in [3.05, 3.63) is 29.3 Å². The molecule has 1 heterocycles. The van der Waals surface area contributed by atoms with Gasteiger partial charge in [-0.05, 0) is 61.3 Å². The highest BCUT2D eigenvalue weighted by Crippen LogP contribution is 2.31. The van der Waals surface area contributed by atoms with E-state index in [1.54, 1.807) is 0 Å². The molecule has 2 unspecified atom stereocenters. The Morgan fingerprint density at radius 1 is 1.33 bits per heavy atom. The number of rotatable bonds is 1. The van der Waals surface area contributed by atoms with E-state index in [-0.39, 0.29) is 12.1 Å². The molecule has 1 aromatic rings. The van der Waals surface area contributed by atoms with E-state index in [9.17, 15) is 4.79 Å². The number of carbonyl (C=O) groups excluding carboxylic acids is 1. The summed E-state index contributed by atoms with van der Waals surface area (Å²) in [5.74, 6) is 0.614. The molecule has 2 atom stereocenters. The normalized spacial score (nSPS) is 25.3. The lowest BCUT2D eigenvalue weighted by Crippen LogP contribution is -2.46. The summed E-state index contributed by atoms with van der Waals surface area (Å²) >= 11 is 0. The van der Waals surface area contributed by atoms with Crippen molar-refractivity contribution < 1.29 is 4.79 Å². The van der Waals surface area contributed by atoms with Crippen LogP contribution in [0.25, 0.3) is 0 Å². The topological polar surface area (TPSA) is 58.4 Å². The maximum atomic E-state index is 12.5. The molecule has 21 heavy (non-hydrogen) atoms. The fourth-order valence-corrected chi connectivity index (χ4v) is 3.60. The van der Waals surface area contributed by atoms with Crippen LogP contribution in [-0.2, 0) is 6.42 Å². The molecule has 4 heteroatoms. The highest BCUT2D eigenvalue weighted by Gasteiger charge is 2.26. The maximum absolute atomic E-state index is 12.5. The Kier molecular flexibility index (Phi) is 4.04. The third kappa shape index (κ3) is 3.14. The van der Waals surface area contributed by atoms with Gasteiger partial charge in [-0.1, -0.05) is 13.0 Å². The van der Waals surface area contributed by atoms with Gasteiger partial charge in [0.25, 0.3) is 0 Å². The third-order valence-corrected chi connectivity index (χ3v) is 4.72. The average Bonchev–Trinajstić information content (AvgIpc) is 2.47. The SMILES string of the molecule is CC1CCCN(C(=O)NC2CCCc3cc(N)ccc32)C1. The minimum Gasteiger partial charge on any atom is -0.399 e. The first-order chi connectivity index (χ1) is 10.1. The van der Waals surface area contributed by atoms with Crippen molar-refractivity contribution in [1.29, 1.82) is 0 Å². The lowest BCUT2D eigenvalue weighted by molar-refractivity contribution is 0.165. The van der Waals surface area contributed by atoms with Crippen molar-refractivity contribution in [3.63, 3.8) is 0 Å². The zero-order valence-corrected chi connectivity index (χ0v) is 12.8. The number of aryl methyl sites for hydroxylation is 1. The molecule has 1 aromatic carbocycles. The lowest BCUT2D eigenvalue weighted by atomic mass is 9.87. The number of benzene rings is 1. The molecule has 3 rings (SSSR count). The van der Waals surface area contributed by atoms with Crippen molar-refractivity contribution in [3.8, 4) is 0 Å². The molecule has 1 aliphatic carbocycles. The summed E-state index contributed by atoms with van der Waals surface area (Å²) in [5.41, 5.74) is 9.21. The van der Waals surface area contributed by atoms with Crippen LogP contribution in [0.3, 0.4) is 0 Å². The summed E-state index contributed by atoms with van der Waals surface area (Å²) in [5, 5.41) is 3.23. The molecule has 0 radical (unpaired) electrons. The molecule has 1 saturated heterocycles. The van der Waals surface area contributed by atoms with Crippen molar-refractivity contribution in [2.24, 2.45) is 5.92 Å². The fraction of sp³-hybridized carbons (Fsp3) is 0.588. The number of nitrogens with zero attached hydrogens (tertiary/aromatic N) is 1. The van der Waals surface area contributed by atoms with E-state index in [4.69, 9.17) is 5.73 Å². The van der Waals surface area contributed by atoms with Crippen LogP contribution >= 0.6 is 0 Å². The van der Waals surface area contributed by atoms with Gasteiger partial charge in [-0.2, -0.15) is 0 Å². The smallest absolute Gasteiger partial charge is 0.317 e. The number of nitrogens with two attached hydrogens (primary N) is 1. The number of nitrogens with one attached hydrogen (secondary N) is 1. The van der Waals surface area contributed by atoms with E-state index in [0.29, 0.717) is 5.92 Å². The number of likely N-dealkylation sites (tertiary alicyclic amines) is 1. The first-order valence-electron chi connectivity index (χ1n) is 8.07. The molecule has 0 spiro atoms. The van der Waals surface area contributed by atoms with Crippen molar-refractivity contribution in [1.82, 2.24) is 10.2 Å². The van der Waals surface area contributed by atoms with Gasteiger partial charge in [-0.15, -0.1) is 0 Å². The molecule has 2 amide bonds. The van der Waals surface area contributed by atoms with Gasteiger partial charge in [0.05, 0.1) is 6.04 Å². The Bertz CT molecular complexity index is 529.